The molecule has 0 aliphatic heterocycles. The highest BCUT2D eigenvalue weighted by atomic mass is 16.5. The lowest BCUT2D eigenvalue weighted by Crippen LogP contribution is -2.30. The third-order valence-electron chi connectivity index (χ3n) is 4.56. The lowest BCUT2D eigenvalue weighted by Gasteiger charge is -2.24. The molecule has 1 atom stereocenters. The Hall–Kier alpha value is -1.02. The first kappa shape index (κ1) is 14.4. The molecule has 0 saturated heterocycles. The van der Waals surface area contributed by atoms with Crippen molar-refractivity contribution >= 4 is 0 Å². The molecule has 19 heavy (non-hydrogen) atoms. The highest BCUT2D eigenvalue weighted by molar-refractivity contribution is 5.35. The van der Waals surface area contributed by atoms with Crippen LogP contribution in [0.2, 0.25) is 0 Å². The number of nitrogens with one attached hydrogen (secondary N) is 1. The average Bonchev–Trinajstić information content (AvgIpc) is 3.18. The first-order chi connectivity index (χ1) is 9.09. The van der Waals surface area contributed by atoms with Crippen molar-refractivity contribution in [3.8, 4) is 5.75 Å². The van der Waals surface area contributed by atoms with E-state index in [2.05, 4.69) is 44.3 Å². The second-order valence-electron chi connectivity index (χ2n) is 6.09. The number of benzene rings is 1. The van der Waals surface area contributed by atoms with Gasteiger partial charge in [-0.2, -0.15) is 0 Å². The van der Waals surface area contributed by atoms with E-state index in [9.17, 15) is 0 Å². The van der Waals surface area contributed by atoms with Crippen molar-refractivity contribution in [1.82, 2.24) is 5.32 Å². The Morgan fingerprint density at radius 1 is 1.21 bits per heavy atom. The summed E-state index contributed by atoms with van der Waals surface area (Å²) in [4.78, 5) is 0. The molecule has 1 aromatic carbocycles. The highest BCUT2D eigenvalue weighted by Crippen LogP contribution is 2.51. The molecule has 0 radical (unpaired) electrons. The normalized spacial score (nSPS) is 18.4. The molecule has 0 amide bonds. The maximum Gasteiger partial charge on any atom is 0.124 e. The number of ether oxygens (including phenoxy) is 1. The second-order valence-corrected chi connectivity index (χ2v) is 6.09. The summed E-state index contributed by atoms with van der Waals surface area (Å²) >= 11 is 0. The van der Waals surface area contributed by atoms with Crippen molar-refractivity contribution in [3.63, 3.8) is 0 Å². The summed E-state index contributed by atoms with van der Waals surface area (Å²) in [5.74, 6) is 1.79. The lowest BCUT2D eigenvalue weighted by molar-refractivity contribution is 0.313. The molecule has 0 spiro atoms. The quantitative estimate of drug-likeness (QED) is 0.795. The standard InChI is InChI=1S/C17H27NO/c1-5-19-16-9-7-6-8-15(16)14(4)18-12-17(10-11-17)13(2)3/h6-9,13-14,18H,5,10-12H2,1-4H3. The minimum Gasteiger partial charge on any atom is -0.494 e. The van der Waals surface area contributed by atoms with Gasteiger partial charge < -0.3 is 10.1 Å². The van der Waals surface area contributed by atoms with E-state index in [0.29, 0.717) is 11.5 Å². The van der Waals surface area contributed by atoms with Gasteiger partial charge in [-0.1, -0.05) is 32.0 Å². The van der Waals surface area contributed by atoms with Crippen LogP contribution in [0.25, 0.3) is 0 Å². The zero-order chi connectivity index (χ0) is 13.9. The molecule has 2 heteroatoms. The van der Waals surface area contributed by atoms with Gasteiger partial charge >= 0.3 is 0 Å². The van der Waals surface area contributed by atoms with Crippen molar-refractivity contribution in [2.45, 2.75) is 46.6 Å². The van der Waals surface area contributed by atoms with Gasteiger partial charge in [-0.25, -0.2) is 0 Å². The van der Waals surface area contributed by atoms with Gasteiger partial charge in [0.2, 0.25) is 0 Å². The summed E-state index contributed by atoms with van der Waals surface area (Å²) < 4.78 is 5.71. The highest BCUT2D eigenvalue weighted by Gasteiger charge is 2.44. The molecule has 1 unspecified atom stereocenters. The summed E-state index contributed by atoms with van der Waals surface area (Å²) in [5.41, 5.74) is 1.82. The van der Waals surface area contributed by atoms with Crippen LogP contribution in [-0.2, 0) is 0 Å². The fourth-order valence-corrected chi connectivity index (χ4v) is 2.71. The summed E-state index contributed by atoms with van der Waals surface area (Å²) in [6, 6.07) is 8.70. The Balaban J connectivity index is 1.98. The van der Waals surface area contributed by atoms with E-state index >= 15 is 0 Å². The Labute approximate surface area is 117 Å². The van der Waals surface area contributed by atoms with Crippen molar-refractivity contribution in [2.75, 3.05) is 13.2 Å². The van der Waals surface area contributed by atoms with Crippen LogP contribution in [0.1, 0.15) is 52.1 Å². The summed E-state index contributed by atoms with van der Waals surface area (Å²) in [7, 11) is 0. The zero-order valence-corrected chi connectivity index (χ0v) is 12.7. The number of rotatable bonds is 7. The van der Waals surface area contributed by atoms with Gasteiger partial charge in [0.15, 0.2) is 0 Å². The SMILES string of the molecule is CCOc1ccccc1C(C)NCC1(C(C)C)CC1. The molecule has 0 heterocycles. The van der Waals surface area contributed by atoms with Gasteiger partial charge in [0.05, 0.1) is 6.61 Å². The van der Waals surface area contributed by atoms with Gasteiger partial charge in [-0.3, -0.25) is 0 Å². The molecule has 1 aromatic rings. The monoisotopic (exact) mass is 261 g/mol. The van der Waals surface area contributed by atoms with Gasteiger partial charge in [-0.15, -0.1) is 0 Å². The van der Waals surface area contributed by atoms with Crippen molar-refractivity contribution in [3.05, 3.63) is 29.8 Å². The zero-order valence-electron chi connectivity index (χ0n) is 12.7. The molecule has 106 valence electrons. The van der Waals surface area contributed by atoms with Crippen molar-refractivity contribution < 1.29 is 4.74 Å². The van der Waals surface area contributed by atoms with Gasteiger partial charge in [0.1, 0.15) is 5.75 Å². The minimum absolute atomic E-state index is 0.346. The first-order valence-corrected chi connectivity index (χ1v) is 7.54. The Morgan fingerprint density at radius 2 is 1.89 bits per heavy atom. The summed E-state index contributed by atoms with van der Waals surface area (Å²) in [5, 5.41) is 3.70. The Morgan fingerprint density at radius 3 is 2.47 bits per heavy atom. The molecule has 2 nitrogen and oxygen atoms in total. The maximum absolute atomic E-state index is 5.71. The van der Waals surface area contributed by atoms with E-state index < -0.39 is 0 Å². The van der Waals surface area contributed by atoms with E-state index in [1.165, 1.54) is 18.4 Å². The molecule has 1 saturated carbocycles. The molecule has 1 fully saturated rings. The van der Waals surface area contributed by atoms with Crippen LogP contribution in [-0.4, -0.2) is 13.2 Å². The second kappa shape index (κ2) is 5.96. The van der Waals surface area contributed by atoms with Gasteiger partial charge in [-0.05, 0) is 44.1 Å². The van der Waals surface area contributed by atoms with Crippen LogP contribution in [0.5, 0.6) is 5.75 Å². The lowest BCUT2D eigenvalue weighted by atomic mass is 9.92. The molecule has 0 aromatic heterocycles. The number of hydrogen-bond donors (Lipinski definition) is 1. The van der Waals surface area contributed by atoms with E-state index in [4.69, 9.17) is 4.74 Å². The fraction of sp³-hybridized carbons (Fsp3) is 0.647. The topological polar surface area (TPSA) is 21.3 Å². The van der Waals surface area contributed by atoms with Gasteiger partial charge in [0.25, 0.3) is 0 Å². The summed E-state index contributed by atoms with van der Waals surface area (Å²) in [6.07, 6.45) is 2.75. The molecular weight excluding hydrogens is 234 g/mol. The largest absolute Gasteiger partial charge is 0.494 e. The van der Waals surface area contributed by atoms with E-state index in [1.807, 2.05) is 13.0 Å². The molecule has 1 N–H and O–H groups in total. The van der Waals surface area contributed by atoms with Gasteiger partial charge in [0, 0.05) is 18.2 Å². The summed E-state index contributed by atoms with van der Waals surface area (Å²) in [6.45, 7) is 10.8. The van der Waals surface area contributed by atoms with Crippen LogP contribution in [0, 0.1) is 11.3 Å². The molecule has 1 aliphatic carbocycles. The Kier molecular flexibility index (Phi) is 4.51. The average molecular weight is 261 g/mol. The first-order valence-electron chi connectivity index (χ1n) is 7.54. The third-order valence-corrected chi connectivity index (χ3v) is 4.56. The van der Waals surface area contributed by atoms with Crippen molar-refractivity contribution in [2.24, 2.45) is 11.3 Å². The number of para-hydroxylation sites is 1. The van der Waals surface area contributed by atoms with Crippen LogP contribution in [0.3, 0.4) is 0 Å². The number of hydrogen-bond acceptors (Lipinski definition) is 2. The molecule has 0 bridgehead atoms. The predicted octanol–water partition coefficient (Wildman–Crippen LogP) is 4.17. The third kappa shape index (κ3) is 3.30. The van der Waals surface area contributed by atoms with Crippen LogP contribution < -0.4 is 10.1 Å². The van der Waals surface area contributed by atoms with E-state index in [1.54, 1.807) is 0 Å². The molecular formula is C17H27NO. The maximum atomic E-state index is 5.71. The predicted molar refractivity (Wildman–Crippen MR) is 80.5 cm³/mol. The van der Waals surface area contributed by atoms with Crippen molar-refractivity contribution in [1.29, 1.82) is 0 Å². The van der Waals surface area contributed by atoms with Crippen LogP contribution in [0.15, 0.2) is 24.3 Å². The van der Waals surface area contributed by atoms with Crippen LogP contribution in [0.4, 0.5) is 0 Å². The van der Waals surface area contributed by atoms with E-state index in [0.717, 1.165) is 24.8 Å². The smallest absolute Gasteiger partial charge is 0.124 e. The minimum atomic E-state index is 0.346. The fourth-order valence-electron chi connectivity index (χ4n) is 2.71. The molecule has 1 aliphatic rings. The molecule has 2 rings (SSSR count). The Bertz CT molecular complexity index is 409. The van der Waals surface area contributed by atoms with Crippen LogP contribution >= 0.6 is 0 Å². The van der Waals surface area contributed by atoms with E-state index in [-0.39, 0.29) is 0 Å².